The lowest BCUT2D eigenvalue weighted by Crippen LogP contribution is -2.16. The first-order chi connectivity index (χ1) is 8.15. The zero-order chi connectivity index (χ0) is 12.8. The van der Waals surface area contributed by atoms with Crippen LogP contribution in [0.25, 0.3) is 0 Å². The molecule has 0 saturated heterocycles. The fourth-order valence-electron chi connectivity index (χ4n) is 2.01. The topological polar surface area (TPSA) is 30.5 Å². The van der Waals surface area contributed by atoms with Crippen LogP contribution in [-0.4, -0.2) is 27.3 Å². The summed E-state index contributed by atoms with van der Waals surface area (Å²) in [5.41, 5.74) is 3.52. The van der Waals surface area contributed by atoms with E-state index >= 15 is 0 Å². The van der Waals surface area contributed by atoms with Gasteiger partial charge < -0.3 is 14.8 Å². The fraction of sp³-hybridized carbons (Fsp3) is 0.571. The van der Waals surface area contributed by atoms with Gasteiger partial charge in [0.05, 0.1) is 14.2 Å². The fourth-order valence-corrected chi connectivity index (χ4v) is 2.01. The number of methoxy groups -OCH3 is 2. The molecule has 0 fully saturated rings. The van der Waals surface area contributed by atoms with E-state index in [2.05, 4.69) is 32.2 Å². The van der Waals surface area contributed by atoms with Crippen LogP contribution in [0.4, 0.5) is 0 Å². The minimum atomic E-state index is 0.940. The predicted molar refractivity (Wildman–Crippen MR) is 71.3 cm³/mol. The second kappa shape index (κ2) is 6.50. The van der Waals surface area contributed by atoms with E-state index < -0.39 is 0 Å². The normalized spacial score (nSPS) is 10.4. The molecule has 17 heavy (non-hydrogen) atoms. The summed E-state index contributed by atoms with van der Waals surface area (Å²) in [6.45, 7) is 8.19. The van der Waals surface area contributed by atoms with Crippen molar-refractivity contribution in [2.75, 3.05) is 27.3 Å². The maximum absolute atomic E-state index is 5.50. The second-order valence-electron chi connectivity index (χ2n) is 4.12. The van der Waals surface area contributed by atoms with Crippen LogP contribution < -0.4 is 14.8 Å². The largest absolute Gasteiger partial charge is 0.496 e. The lowest BCUT2D eigenvalue weighted by molar-refractivity contribution is 0.393. The molecule has 3 nitrogen and oxygen atoms in total. The van der Waals surface area contributed by atoms with Gasteiger partial charge in [-0.15, -0.1) is 0 Å². The third-order valence-corrected chi connectivity index (χ3v) is 3.11. The van der Waals surface area contributed by atoms with Gasteiger partial charge in [-0.2, -0.15) is 0 Å². The van der Waals surface area contributed by atoms with Crippen molar-refractivity contribution in [3.8, 4) is 11.5 Å². The standard InChI is InChI=1S/C14H23NO2/c1-6-15-8-7-12-9-13(16-4)10(2)11(3)14(12)17-5/h9,15H,6-8H2,1-5H3. The lowest BCUT2D eigenvalue weighted by atomic mass is 10.0. The first-order valence-corrected chi connectivity index (χ1v) is 6.07. The Hall–Kier alpha value is -1.22. The van der Waals surface area contributed by atoms with E-state index in [0.29, 0.717) is 0 Å². The maximum atomic E-state index is 5.50. The highest BCUT2D eigenvalue weighted by molar-refractivity contribution is 5.52. The van der Waals surface area contributed by atoms with Gasteiger partial charge in [-0.3, -0.25) is 0 Å². The predicted octanol–water partition coefficient (Wildman–Crippen LogP) is 2.47. The van der Waals surface area contributed by atoms with Crippen molar-refractivity contribution < 1.29 is 9.47 Å². The zero-order valence-electron chi connectivity index (χ0n) is 11.5. The van der Waals surface area contributed by atoms with Crippen LogP contribution in [0.5, 0.6) is 11.5 Å². The average Bonchev–Trinajstić information content (AvgIpc) is 2.34. The van der Waals surface area contributed by atoms with Crippen LogP contribution in [0.15, 0.2) is 6.07 Å². The Morgan fingerprint density at radius 1 is 1.12 bits per heavy atom. The van der Waals surface area contributed by atoms with Gasteiger partial charge >= 0.3 is 0 Å². The van der Waals surface area contributed by atoms with E-state index in [1.807, 2.05) is 0 Å². The third-order valence-electron chi connectivity index (χ3n) is 3.11. The molecule has 0 aliphatic rings. The molecule has 1 N–H and O–H groups in total. The van der Waals surface area contributed by atoms with Crippen LogP contribution in [0, 0.1) is 13.8 Å². The van der Waals surface area contributed by atoms with E-state index in [1.165, 1.54) is 11.1 Å². The van der Waals surface area contributed by atoms with Gasteiger partial charge in [-0.25, -0.2) is 0 Å². The quantitative estimate of drug-likeness (QED) is 0.771. The van der Waals surface area contributed by atoms with Crippen molar-refractivity contribution in [2.45, 2.75) is 27.2 Å². The summed E-state index contributed by atoms with van der Waals surface area (Å²) in [6.07, 6.45) is 0.953. The molecule has 3 heteroatoms. The molecule has 0 spiro atoms. The molecule has 1 rings (SSSR count). The van der Waals surface area contributed by atoms with Gasteiger partial charge in [0.25, 0.3) is 0 Å². The molecule has 0 unspecified atom stereocenters. The number of ether oxygens (including phenoxy) is 2. The van der Waals surface area contributed by atoms with Crippen LogP contribution in [0.1, 0.15) is 23.6 Å². The number of rotatable bonds is 6. The van der Waals surface area contributed by atoms with Crippen LogP contribution in [0.2, 0.25) is 0 Å². The summed E-state index contributed by atoms with van der Waals surface area (Å²) in [5, 5.41) is 3.32. The molecule has 0 aromatic heterocycles. The highest BCUT2D eigenvalue weighted by Gasteiger charge is 2.13. The smallest absolute Gasteiger partial charge is 0.125 e. The van der Waals surface area contributed by atoms with Crippen molar-refractivity contribution in [1.29, 1.82) is 0 Å². The summed E-state index contributed by atoms with van der Waals surface area (Å²) < 4.78 is 10.9. The number of hydrogen-bond acceptors (Lipinski definition) is 3. The average molecular weight is 237 g/mol. The molecular weight excluding hydrogens is 214 g/mol. The lowest BCUT2D eigenvalue weighted by Gasteiger charge is -2.16. The highest BCUT2D eigenvalue weighted by Crippen LogP contribution is 2.33. The molecule has 0 radical (unpaired) electrons. The Kier molecular flexibility index (Phi) is 5.29. The van der Waals surface area contributed by atoms with Crippen molar-refractivity contribution >= 4 is 0 Å². The molecule has 0 aliphatic carbocycles. The summed E-state index contributed by atoms with van der Waals surface area (Å²) in [4.78, 5) is 0. The monoisotopic (exact) mass is 237 g/mol. The van der Waals surface area contributed by atoms with Gasteiger partial charge in [0.2, 0.25) is 0 Å². The van der Waals surface area contributed by atoms with Crippen molar-refractivity contribution in [3.63, 3.8) is 0 Å². The highest BCUT2D eigenvalue weighted by atomic mass is 16.5. The molecule has 96 valence electrons. The molecule has 1 aromatic rings. The summed E-state index contributed by atoms with van der Waals surface area (Å²) in [7, 11) is 3.44. The summed E-state index contributed by atoms with van der Waals surface area (Å²) >= 11 is 0. The first-order valence-electron chi connectivity index (χ1n) is 6.07. The minimum Gasteiger partial charge on any atom is -0.496 e. The van der Waals surface area contributed by atoms with Crippen LogP contribution in [-0.2, 0) is 6.42 Å². The number of hydrogen-bond donors (Lipinski definition) is 1. The van der Waals surface area contributed by atoms with Gasteiger partial charge in [0.15, 0.2) is 0 Å². The first kappa shape index (κ1) is 13.8. The zero-order valence-corrected chi connectivity index (χ0v) is 11.5. The molecule has 0 atom stereocenters. The SMILES string of the molecule is CCNCCc1cc(OC)c(C)c(C)c1OC. The summed E-state index contributed by atoms with van der Waals surface area (Å²) in [5.74, 6) is 1.93. The molecule has 0 amide bonds. The Bertz CT molecular complexity index is 375. The number of likely N-dealkylation sites (N-methyl/N-ethyl adjacent to an activating group) is 1. The van der Waals surface area contributed by atoms with Gasteiger partial charge in [-0.05, 0) is 56.1 Å². The van der Waals surface area contributed by atoms with E-state index in [-0.39, 0.29) is 0 Å². The van der Waals surface area contributed by atoms with Crippen molar-refractivity contribution in [1.82, 2.24) is 5.32 Å². The molecule has 0 saturated carbocycles. The third kappa shape index (κ3) is 3.13. The van der Waals surface area contributed by atoms with E-state index in [0.717, 1.165) is 36.6 Å². The molecule has 1 aromatic carbocycles. The Morgan fingerprint density at radius 2 is 1.82 bits per heavy atom. The van der Waals surface area contributed by atoms with Gasteiger partial charge in [0, 0.05) is 0 Å². The van der Waals surface area contributed by atoms with Gasteiger partial charge in [0.1, 0.15) is 11.5 Å². The van der Waals surface area contributed by atoms with E-state index in [9.17, 15) is 0 Å². The van der Waals surface area contributed by atoms with Crippen LogP contribution in [0.3, 0.4) is 0 Å². The Morgan fingerprint density at radius 3 is 2.35 bits per heavy atom. The van der Waals surface area contributed by atoms with E-state index in [4.69, 9.17) is 9.47 Å². The van der Waals surface area contributed by atoms with Gasteiger partial charge in [-0.1, -0.05) is 6.92 Å². The maximum Gasteiger partial charge on any atom is 0.125 e. The summed E-state index contributed by atoms with van der Waals surface area (Å²) in [6, 6.07) is 2.08. The molecule has 0 bridgehead atoms. The second-order valence-corrected chi connectivity index (χ2v) is 4.12. The number of benzene rings is 1. The van der Waals surface area contributed by atoms with E-state index in [1.54, 1.807) is 14.2 Å². The van der Waals surface area contributed by atoms with Crippen molar-refractivity contribution in [3.05, 3.63) is 22.8 Å². The Balaban J connectivity index is 3.04. The van der Waals surface area contributed by atoms with Crippen LogP contribution >= 0.6 is 0 Å². The minimum absolute atomic E-state index is 0.940. The molecule has 0 heterocycles. The van der Waals surface area contributed by atoms with Crippen molar-refractivity contribution in [2.24, 2.45) is 0 Å². The molecule has 0 aliphatic heterocycles. The Labute approximate surface area is 104 Å². The number of nitrogens with one attached hydrogen (secondary N) is 1. The molecular formula is C14H23NO2.